The fourth-order valence-corrected chi connectivity index (χ4v) is 2.86. The normalized spacial score (nSPS) is 11.0. The number of carbonyl (C=O) groups excluding carboxylic acids is 3. The quantitative estimate of drug-likeness (QED) is 0.0479. The molecule has 236 valence electrons. The average Bonchev–Trinajstić information content (AvgIpc) is 2.91. The first kappa shape index (κ1) is 40.8. The first-order chi connectivity index (χ1) is 19.0. The molecule has 0 aromatic carbocycles. The maximum atomic E-state index is 11.9. The maximum Gasteiger partial charge on any atom is 0.315 e. The van der Waals surface area contributed by atoms with E-state index in [1.165, 1.54) is 0 Å². The van der Waals surface area contributed by atoms with Crippen LogP contribution in [0, 0.1) is 0 Å². The Morgan fingerprint density at radius 1 is 0.700 bits per heavy atom. The van der Waals surface area contributed by atoms with Crippen LogP contribution in [0.15, 0.2) is 9.98 Å². The molecule has 0 aliphatic heterocycles. The Hall–Kier alpha value is -3.73. The SMILES string of the molecule is CC.CCCN=C(N)N.NCCCCC(CN)NC(=O)NCCNC(=O)NCC(CCCN=C(N)N)NC(N)=O. The molecule has 0 aromatic heterocycles. The number of hydrogen-bond acceptors (Lipinski definition) is 7. The summed E-state index contributed by atoms with van der Waals surface area (Å²) in [7, 11) is 0. The van der Waals surface area contributed by atoms with Gasteiger partial charge in [0.2, 0.25) is 0 Å². The van der Waals surface area contributed by atoms with Gasteiger partial charge in [0.15, 0.2) is 11.9 Å². The highest BCUT2D eigenvalue weighted by molar-refractivity contribution is 5.76. The molecular formula is C23H56N14O3. The van der Waals surface area contributed by atoms with Crippen molar-refractivity contribution in [2.75, 3.05) is 45.8 Å². The van der Waals surface area contributed by atoms with Crippen molar-refractivity contribution in [3.05, 3.63) is 0 Å². The number of primary amides is 1. The highest BCUT2D eigenvalue weighted by Gasteiger charge is 2.12. The number of nitrogens with one attached hydrogen (secondary N) is 5. The topological polar surface area (TPSA) is 318 Å². The number of carbonyl (C=O) groups is 3. The molecule has 0 heterocycles. The third-order valence-corrected chi connectivity index (χ3v) is 4.70. The molecule has 0 fully saturated rings. The number of rotatable bonds is 18. The van der Waals surface area contributed by atoms with E-state index >= 15 is 0 Å². The summed E-state index contributed by atoms with van der Waals surface area (Å²) in [5.74, 6) is 0.172. The molecule has 40 heavy (non-hydrogen) atoms. The van der Waals surface area contributed by atoms with Crippen LogP contribution in [0.4, 0.5) is 14.4 Å². The first-order valence-electron chi connectivity index (χ1n) is 13.7. The molecule has 0 rings (SSSR count). The second-order valence-corrected chi connectivity index (χ2v) is 8.22. The second-order valence-electron chi connectivity index (χ2n) is 8.22. The molecule has 0 spiro atoms. The molecule has 0 aromatic rings. The van der Waals surface area contributed by atoms with E-state index < -0.39 is 12.1 Å². The Morgan fingerprint density at radius 3 is 1.73 bits per heavy atom. The smallest absolute Gasteiger partial charge is 0.315 e. The van der Waals surface area contributed by atoms with Crippen LogP contribution in [0.1, 0.15) is 59.3 Å². The molecule has 0 saturated heterocycles. The van der Waals surface area contributed by atoms with Crippen molar-refractivity contribution in [1.29, 1.82) is 0 Å². The van der Waals surface area contributed by atoms with E-state index in [2.05, 4.69) is 36.6 Å². The number of urea groups is 3. The van der Waals surface area contributed by atoms with Crippen LogP contribution in [0.25, 0.3) is 0 Å². The number of unbranched alkanes of at least 4 members (excludes halogenated alkanes) is 1. The molecule has 6 amide bonds. The standard InChI is InChI=1S/C17H39N11O3.C4H11N3.C2H6/c18-6-2-1-4-12(10-19)28-17(31)25-9-8-24-16(30)26-11-13(27-15(22)29)5-3-7-23-14(20)21;1-2-3-7-4(5)6;1-2/h12-13H,1-11,18-19H2,(H4,20,21,23)(H3,22,27,29)(H2,24,26,30)(H2,25,28,31);2-3H2,1H3,(H4,5,6,7);1-2H3. The summed E-state index contributed by atoms with van der Waals surface area (Å²) < 4.78 is 0. The number of aliphatic imine (C=N–C) groups is 2. The highest BCUT2D eigenvalue weighted by Crippen LogP contribution is 1.99. The van der Waals surface area contributed by atoms with Gasteiger partial charge in [-0.05, 0) is 38.6 Å². The van der Waals surface area contributed by atoms with Crippen molar-refractivity contribution in [2.24, 2.45) is 50.1 Å². The van der Waals surface area contributed by atoms with Gasteiger partial charge < -0.3 is 66.7 Å². The Morgan fingerprint density at radius 2 is 1.25 bits per heavy atom. The van der Waals surface area contributed by atoms with Gasteiger partial charge in [-0.3, -0.25) is 9.98 Å². The third-order valence-electron chi connectivity index (χ3n) is 4.70. The largest absolute Gasteiger partial charge is 0.370 e. The van der Waals surface area contributed by atoms with Crippen LogP contribution >= 0.6 is 0 Å². The van der Waals surface area contributed by atoms with Crippen LogP contribution in [0.5, 0.6) is 0 Å². The van der Waals surface area contributed by atoms with E-state index in [1.807, 2.05) is 20.8 Å². The highest BCUT2D eigenvalue weighted by atomic mass is 16.2. The van der Waals surface area contributed by atoms with Gasteiger partial charge in [0, 0.05) is 51.4 Å². The zero-order valence-corrected chi connectivity index (χ0v) is 24.5. The molecule has 0 saturated carbocycles. The van der Waals surface area contributed by atoms with Gasteiger partial charge in [-0.1, -0.05) is 27.2 Å². The summed E-state index contributed by atoms with van der Waals surface area (Å²) >= 11 is 0. The first-order valence-corrected chi connectivity index (χ1v) is 13.7. The minimum atomic E-state index is -0.692. The molecule has 0 aliphatic carbocycles. The van der Waals surface area contributed by atoms with Crippen LogP contribution in [0.2, 0.25) is 0 Å². The van der Waals surface area contributed by atoms with E-state index in [-0.39, 0.29) is 49.7 Å². The van der Waals surface area contributed by atoms with E-state index in [9.17, 15) is 14.4 Å². The van der Waals surface area contributed by atoms with Crippen molar-refractivity contribution < 1.29 is 14.4 Å². The lowest BCUT2D eigenvalue weighted by Crippen LogP contribution is -2.49. The monoisotopic (exact) mass is 576 g/mol. The minimum absolute atomic E-state index is 0.00986. The van der Waals surface area contributed by atoms with Crippen LogP contribution in [-0.4, -0.2) is 87.9 Å². The van der Waals surface area contributed by atoms with Gasteiger partial charge in [0.25, 0.3) is 0 Å². The molecule has 17 nitrogen and oxygen atoms in total. The zero-order chi connectivity index (χ0) is 31.2. The summed E-state index contributed by atoms with van der Waals surface area (Å²) in [4.78, 5) is 42.4. The van der Waals surface area contributed by atoms with E-state index in [0.717, 1.165) is 32.2 Å². The summed E-state index contributed by atoms with van der Waals surface area (Å²) in [5, 5.41) is 13.2. The fraction of sp³-hybridized carbons (Fsp3) is 0.783. The predicted octanol–water partition coefficient (Wildman–Crippen LogP) is -2.17. The zero-order valence-electron chi connectivity index (χ0n) is 24.5. The number of nitrogens with zero attached hydrogens (tertiary/aromatic N) is 2. The van der Waals surface area contributed by atoms with Crippen molar-refractivity contribution in [3.8, 4) is 0 Å². The van der Waals surface area contributed by atoms with Gasteiger partial charge in [0.05, 0.1) is 0 Å². The van der Waals surface area contributed by atoms with Crippen molar-refractivity contribution in [3.63, 3.8) is 0 Å². The Balaban J connectivity index is -0.00000131. The Bertz CT molecular complexity index is 698. The molecule has 0 aliphatic rings. The van der Waals surface area contributed by atoms with E-state index in [0.29, 0.717) is 32.5 Å². The maximum absolute atomic E-state index is 11.9. The molecule has 0 bridgehead atoms. The summed E-state index contributed by atoms with van der Waals surface area (Å²) in [6.07, 6.45) is 4.65. The van der Waals surface area contributed by atoms with E-state index in [4.69, 9.17) is 40.1 Å². The average molecular weight is 577 g/mol. The summed E-state index contributed by atoms with van der Waals surface area (Å²) in [5.41, 5.74) is 36.8. The number of hydrogen-bond donors (Lipinski definition) is 12. The number of nitrogens with two attached hydrogens (primary N) is 7. The molecule has 17 heteroatoms. The minimum Gasteiger partial charge on any atom is -0.370 e. The van der Waals surface area contributed by atoms with Crippen LogP contribution < -0.4 is 66.7 Å². The summed E-state index contributed by atoms with van der Waals surface area (Å²) in [6, 6.07) is -1.97. The molecular weight excluding hydrogens is 520 g/mol. The summed E-state index contributed by atoms with van der Waals surface area (Å²) in [6.45, 7) is 8.73. The van der Waals surface area contributed by atoms with Gasteiger partial charge in [-0.25, -0.2) is 14.4 Å². The molecule has 2 atom stereocenters. The Kier molecular flexibility index (Phi) is 30.4. The number of amides is 6. The molecule has 19 N–H and O–H groups in total. The second kappa shape index (κ2) is 29.8. The van der Waals surface area contributed by atoms with Crippen molar-refractivity contribution in [1.82, 2.24) is 26.6 Å². The van der Waals surface area contributed by atoms with E-state index in [1.54, 1.807) is 0 Å². The number of guanidine groups is 2. The lowest BCUT2D eigenvalue weighted by atomic mass is 10.1. The predicted molar refractivity (Wildman–Crippen MR) is 162 cm³/mol. The van der Waals surface area contributed by atoms with Crippen molar-refractivity contribution in [2.45, 2.75) is 71.4 Å². The van der Waals surface area contributed by atoms with Crippen LogP contribution in [0.3, 0.4) is 0 Å². The van der Waals surface area contributed by atoms with Crippen molar-refractivity contribution >= 4 is 30.0 Å². The molecule has 0 radical (unpaired) electrons. The van der Waals surface area contributed by atoms with Gasteiger partial charge in [0.1, 0.15) is 0 Å². The lowest BCUT2D eigenvalue weighted by Gasteiger charge is -2.18. The Labute approximate surface area is 238 Å². The van der Waals surface area contributed by atoms with Gasteiger partial charge in [-0.2, -0.15) is 0 Å². The fourth-order valence-electron chi connectivity index (χ4n) is 2.86. The van der Waals surface area contributed by atoms with Crippen LogP contribution in [-0.2, 0) is 0 Å². The van der Waals surface area contributed by atoms with Gasteiger partial charge >= 0.3 is 18.1 Å². The van der Waals surface area contributed by atoms with Gasteiger partial charge in [-0.15, -0.1) is 0 Å². The lowest BCUT2D eigenvalue weighted by molar-refractivity contribution is 0.232. The third kappa shape index (κ3) is 32.3. The molecule has 2 unspecified atom stereocenters.